The Hall–Kier alpha value is -2.70. The van der Waals surface area contributed by atoms with Gasteiger partial charge in [-0.3, -0.25) is 9.59 Å². The summed E-state index contributed by atoms with van der Waals surface area (Å²) in [6.07, 6.45) is 39.8. The largest absolute Gasteiger partial charge is 0.463 e. The highest BCUT2D eigenvalue weighted by atomic mass is 16.6. The molecular formula is C40H66O6. The molecule has 0 aromatic heterocycles. The van der Waals surface area contributed by atoms with E-state index in [4.69, 9.17) is 9.47 Å². The molecule has 6 nitrogen and oxygen atoms in total. The zero-order chi connectivity index (χ0) is 33.9. The molecule has 2 N–H and O–H groups in total. The van der Waals surface area contributed by atoms with Crippen LogP contribution in [-0.2, 0) is 19.1 Å². The van der Waals surface area contributed by atoms with Crippen LogP contribution in [0.1, 0.15) is 136 Å². The van der Waals surface area contributed by atoms with Gasteiger partial charge in [-0.25, -0.2) is 0 Å². The molecule has 0 saturated heterocycles. The van der Waals surface area contributed by atoms with Crippen LogP contribution in [0.3, 0.4) is 0 Å². The van der Waals surface area contributed by atoms with E-state index in [0.29, 0.717) is 19.3 Å². The first kappa shape index (κ1) is 43.3. The summed E-state index contributed by atoms with van der Waals surface area (Å²) in [5, 5.41) is 20.0. The van der Waals surface area contributed by atoms with Gasteiger partial charge >= 0.3 is 11.9 Å². The highest BCUT2D eigenvalue weighted by Crippen LogP contribution is 2.15. The van der Waals surface area contributed by atoms with E-state index in [0.717, 1.165) is 50.9 Å². The minimum Gasteiger partial charge on any atom is -0.463 e. The molecule has 0 saturated carbocycles. The van der Waals surface area contributed by atoms with Crippen LogP contribution in [0.4, 0.5) is 0 Å². The number of ether oxygens (including phenoxy) is 2. The molecule has 3 atom stereocenters. The number of carbonyl (C=O) groups excluding carboxylic acids is 2. The number of hydrogen-bond acceptors (Lipinski definition) is 6. The van der Waals surface area contributed by atoms with Crippen LogP contribution in [0.5, 0.6) is 0 Å². The monoisotopic (exact) mass is 642 g/mol. The lowest BCUT2D eigenvalue weighted by Crippen LogP contribution is -2.25. The summed E-state index contributed by atoms with van der Waals surface area (Å²) in [6.45, 7) is 6.34. The second-order valence-corrected chi connectivity index (χ2v) is 12.1. The summed E-state index contributed by atoms with van der Waals surface area (Å²) in [7, 11) is 0. The van der Waals surface area contributed by atoms with Crippen LogP contribution in [0, 0.1) is 5.92 Å². The third kappa shape index (κ3) is 32.7. The van der Waals surface area contributed by atoms with Crippen LogP contribution in [0.15, 0.2) is 72.9 Å². The topological polar surface area (TPSA) is 93.1 Å². The average molecular weight is 643 g/mol. The molecule has 0 radical (unpaired) electrons. The number of esters is 2. The molecule has 262 valence electrons. The smallest absolute Gasteiger partial charge is 0.306 e. The number of rotatable bonds is 30. The minimum absolute atomic E-state index is 0.172. The normalized spacial score (nSPS) is 14.5. The van der Waals surface area contributed by atoms with Gasteiger partial charge in [0, 0.05) is 12.8 Å². The fourth-order valence-corrected chi connectivity index (χ4v) is 4.46. The van der Waals surface area contributed by atoms with Gasteiger partial charge in [-0.15, -0.1) is 0 Å². The second kappa shape index (κ2) is 33.7. The first-order valence-electron chi connectivity index (χ1n) is 18.0. The fourth-order valence-electron chi connectivity index (χ4n) is 4.46. The van der Waals surface area contributed by atoms with Crippen molar-refractivity contribution in [2.24, 2.45) is 5.92 Å². The van der Waals surface area contributed by atoms with Crippen molar-refractivity contribution in [1.29, 1.82) is 0 Å². The van der Waals surface area contributed by atoms with E-state index in [-0.39, 0.29) is 25.6 Å². The average Bonchev–Trinajstić information content (AvgIpc) is 3.05. The molecule has 0 spiro atoms. The van der Waals surface area contributed by atoms with Gasteiger partial charge in [0.2, 0.25) is 0 Å². The van der Waals surface area contributed by atoms with Crippen molar-refractivity contribution >= 4 is 11.9 Å². The maximum absolute atomic E-state index is 11.9. The summed E-state index contributed by atoms with van der Waals surface area (Å²) < 4.78 is 10.2. The summed E-state index contributed by atoms with van der Waals surface area (Å²) >= 11 is 0. The van der Waals surface area contributed by atoms with Crippen LogP contribution >= 0.6 is 0 Å². The van der Waals surface area contributed by atoms with E-state index >= 15 is 0 Å². The van der Waals surface area contributed by atoms with Gasteiger partial charge < -0.3 is 19.7 Å². The number of aliphatic hydroxyl groups excluding tert-OH is 2. The predicted octanol–water partition coefficient (Wildman–Crippen LogP) is 9.83. The molecule has 0 amide bonds. The first-order chi connectivity index (χ1) is 22.4. The highest BCUT2D eigenvalue weighted by molar-refractivity contribution is 5.70. The SMILES string of the molecule is CC/C=C\C/C=C\C/C=C\C/C=C\C=C/C(O)C/C=C\CCC(=O)OC[C@H](O)COC(=O)CCCCCCCCCCC(C)CC. The van der Waals surface area contributed by atoms with Crippen LogP contribution in [0.2, 0.25) is 0 Å². The summed E-state index contributed by atoms with van der Waals surface area (Å²) in [5.41, 5.74) is 0. The third-order valence-electron chi connectivity index (χ3n) is 7.59. The number of allylic oxidation sites excluding steroid dienone is 10. The molecule has 2 unspecified atom stereocenters. The van der Waals surface area contributed by atoms with Crippen molar-refractivity contribution in [3.05, 3.63) is 72.9 Å². The minimum atomic E-state index is -1.03. The zero-order valence-electron chi connectivity index (χ0n) is 29.3. The van der Waals surface area contributed by atoms with Crippen molar-refractivity contribution in [2.45, 2.75) is 149 Å². The zero-order valence-corrected chi connectivity index (χ0v) is 29.3. The molecule has 0 rings (SSSR count). The molecule has 0 aromatic rings. The Morgan fingerprint density at radius 1 is 0.630 bits per heavy atom. The Kier molecular flexibility index (Phi) is 31.7. The number of carbonyl (C=O) groups is 2. The van der Waals surface area contributed by atoms with Gasteiger partial charge in [0.15, 0.2) is 0 Å². The van der Waals surface area contributed by atoms with Crippen molar-refractivity contribution in [3.8, 4) is 0 Å². The number of aliphatic hydroxyl groups is 2. The van der Waals surface area contributed by atoms with Crippen LogP contribution in [0.25, 0.3) is 0 Å². The summed E-state index contributed by atoms with van der Waals surface area (Å²) in [4.78, 5) is 23.8. The van der Waals surface area contributed by atoms with E-state index in [1.165, 1.54) is 44.9 Å². The molecule has 46 heavy (non-hydrogen) atoms. The van der Waals surface area contributed by atoms with E-state index in [1.807, 2.05) is 30.4 Å². The Morgan fingerprint density at radius 3 is 1.78 bits per heavy atom. The van der Waals surface area contributed by atoms with Crippen molar-refractivity contribution in [1.82, 2.24) is 0 Å². The van der Waals surface area contributed by atoms with Gasteiger partial charge in [0.25, 0.3) is 0 Å². The molecule has 0 aliphatic carbocycles. The van der Waals surface area contributed by atoms with Crippen LogP contribution < -0.4 is 0 Å². The summed E-state index contributed by atoms with van der Waals surface area (Å²) in [5.74, 6) is 0.0965. The van der Waals surface area contributed by atoms with Gasteiger partial charge in [-0.1, -0.05) is 151 Å². The lowest BCUT2D eigenvalue weighted by atomic mass is 9.99. The number of hydrogen-bond donors (Lipinski definition) is 2. The third-order valence-corrected chi connectivity index (χ3v) is 7.59. The quantitative estimate of drug-likeness (QED) is 0.0351. The Morgan fingerprint density at radius 2 is 1.17 bits per heavy atom. The van der Waals surface area contributed by atoms with Crippen molar-refractivity contribution < 1.29 is 29.3 Å². The maximum Gasteiger partial charge on any atom is 0.306 e. The first-order valence-corrected chi connectivity index (χ1v) is 18.0. The lowest BCUT2D eigenvalue weighted by molar-refractivity contribution is -0.152. The standard InChI is InChI=1S/C40H66O6/c1-4-6-7-8-9-10-11-12-13-14-18-21-25-30-37(41)31-26-23-28-33-40(44)46-35-38(42)34-45-39(43)32-27-22-19-16-15-17-20-24-29-36(3)5-2/h6-7,9-10,12-13,18,21,23,25-26,30,36-38,41-42H,4-5,8,11,14-17,19-20,22,24,27-29,31-35H2,1-3H3/b7-6-,10-9-,13-12-,21-18-,26-23-,30-25-/t36?,37?,38-/m1/s1. The molecule has 0 bridgehead atoms. The van der Waals surface area contributed by atoms with Gasteiger partial charge in [0.1, 0.15) is 19.3 Å². The molecule has 0 heterocycles. The highest BCUT2D eigenvalue weighted by Gasteiger charge is 2.11. The van der Waals surface area contributed by atoms with Gasteiger partial charge in [-0.05, 0) is 50.9 Å². The van der Waals surface area contributed by atoms with Crippen molar-refractivity contribution in [3.63, 3.8) is 0 Å². The van der Waals surface area contributed by atoms with Crippen molar-refractivity contribution in [2.75, 3.05) is 13.2 Å². The van der Waals surface area contributed by atoms with E-state index in [9.17, 15) is 19.8 Å². The predicted molar refractivity (Wildman–Crippen MR) is 192 cm³/mol. The van der Waals surface area contributed by atoms with Gasteiger partial charge in [-0.2, -0.15) is 0 Å². The van der Waals surface area contributed by atoms with E-state index in [1.54, 1.807) is 6.08 Å². The molecular weight excluding hydrogens is 576 g/mol. The van der Waals surface area contributed by atoms with E-state index < -0.39 is 18.2 Å². The van der Waals surface area contributed by atoms with Gasteiger partial charge in [0.05, 0.1) is 6.10 Å². The Balaban J connectivity index is 3.74. The Bertz CT molecular complexity index is 897. The molecule has 0 aliphatic rings. The van der Waals surface area contributed by atoms with Crippen LogP contribution in [-0.4, -0.2) is 47.6 Å². The molecule has 0 aliphatic heterocycles. The molecule has 0 aromatic carbocycles. The maximum atomic E-state index is 11.9. The Labute approximate surface area is 281 Å². The summed E-state index contributed by atoms with van der Waals surface area (Å²) in [6, 6.07) is 0. The fraction of sp³-hybridized carbons (Fsp3) is 0.650. The van der Waals surface area contributed by atoms with E-state index in [2.05, 4.69) is 57.2 Å². The lowest BCUT2D eigenvalue weighted by Gasteiger charge is -2.12. The second-order valence-electron chi connectivity index (χ2n) is 12.1. The number of unbranched alkanes of at least 4 members (excludes halogenated alkanes) is 7. The molecule has 6 heteroatoms. The molecule has 0 fully saturated rings.